The molecule has 0 bridgehead atoms. The van der Waals surface area contributed by atoms with Crippen molar-refractivity contribution >= 4 is 11.6 Å². The second kappa shape index (κ2) is 6.15. The van der Waals surface area contributed by atoms with E-state index >= 15 is 0 Å². The standard InChI is InChI=1S/C14H19ClO/c15-14(12-9-10-12)8-4-5-11-16-13-6-2-1-3-7-13/h1-3,6-7,12,14H,4-5,8-11H2. The number of unbranched alkanes of at least 4 members (excludes halogenated alkanes) is 1. The van der Waals surface area contributed by atoms with Gasteiger partial charge in [0, 0.05) is 5.38 Å². The van der Waals surface area contributed by atoms with E-state index in [0.717, 1.165) is 31.1 Å². The molecule has 0 N–H and O–H groups in total. The van der Waals surface area contributed by atoms with Crippen LogP contribution in [0.5, 0.6) is 5.75 Å². The third-order valence-corrected chi connectivity index (χ3v) is 3.59. The molecule has 16 heavy (non-hydrogen) atoms. The highest BCUT2D eigenvalue weighted by molar-refractivity contribution is 6.20. The van der Waals surface area contributed by atoms with E-state index in [-0.39, 0.29) is 0 Å². The Morgan fingerprint density at radius 1 is 1.19 bits per heavy atom. The lowest BCUT2D eigenvalue weighted by atomic mass is 10.1. The van der Waals surface area contributed by atoms with Crippen LogP contribution >= 0.6 is 11.6 Å². The Bertz CT molecular complexity index is 295. The normalized spacial score (nSPS) is 17.1. The van der Waals surface area contributed by atoms with Gasteiger partial charge in [0.05, 0.1) is 6.61 Å². The highest BCUT2D eigenvalue weighted by Crippen LogP contribution is 2.37. The van der Waals surface area contributed by atoms with Crippen LogP contribution in [0, 0.1) is 5.92 Å². The van der Waals surface area contributed by atoms with Crippen molar-refractivity contribution in [3.05, 3.63) is 30.3 Å². The molecule has 0 spiro atoms. The lowest BCUT2D eigenvalue weighted by Gasteiger charge is -2.08. The van der Waals surface area contributed by atoms with Crippen LogP contribution in [-0.2, 0) is 0 Å². The van der Waals surface area contributed by atoms with E-state index in [0.29, 0.717) is 5.38 Å². The molecule has 1 saturated carbocycles. The SMILES string of the molecule is ClC(CCCCOc1ccccc1)C1CC1. The van der Waals surface area contributed by atoms with E-state index in [9.17, 15) is 0 Å². The second-order valence-electron chi connectivity index (χ2n) is 4.51. The minimum Gasteiger partial charge on any atom is -0.494 e. The van der Waals surface area contributed by atoms with Crippen LogP contribution in [-0.4, -0.2) is 12.0 Å². The molecule has 88 valence electrons. The summed E-state index contributed by atoms with van der Waals surface area (Å²) in [5.41, 5.74) is 0. The van der Waals surface area contributed by atoms with Crippen LogP contribution in [0.1, 0.15) is 32.1 Å². The highest BCUT2D eigenvalue weighted by Gasteiger charge is 2.28. The third-order valence-electron chi connectivity index (χ3n) is 3.02. The number of halogens is 1. The first kappa shape index (κ1) is 11.8. The van der Waals surface area contributed by atoms with E-state index in [1.54, 1.807) is 0 Å². The van der Waals surface area contributed by atoms with Gasteiger partial charge in [-0.1, -0.05) is 18.2 Å². The summed E-state index contributed by atoms with van der Waals surface area (Å²) in [6.45, 7) is 0.804. The largest absolute Gasteiger partial charge is 0.494 e. The van der Waals surface area contributed by atoms with Crippen molar-refractivity contribution in [3.63, 3.8) is 0 Å². The Kier molecular flexibility index (Phi) is 4.53. The molecule has 0 aliphatic heterocycles. The van der Waals surface area contributed by atoms with Crippen molar-refractivity contribution in [2.24, 2.45) is 5.92 Å². The minimum atomic E-state index is 0.414. The maximum absolute atomic E-state index is 6.23. The Balaban J connectivity index is 1.52. The van der Waals surface area contributed by atoms with Crippen LogP contribution in [0.25, 0.3) is 0 Å². The van der Waals surface area contributed by atoms with Crippen molar-refractivity contribution < 1.29 is 4.74 Å². The summed E-state index contributed by atoms with van der Waals surface area (Å²) < 4.78 is 5.62. The second-order valence-corrected chi connectivity index (χ2v) is 5.07. The van der Waals surface area contributed by atoms with Crippen molar-refractivity contribution in [3.8, 4) is 5.75 Å². The van der Waals surface area contributed by atoms with E-state index < -0.39 is 0 Å². The summed E-state index contributed by atoms with van der Waals surface area (Å²) in [6, 6.07) is 9.98. The molecular formula is C14H19ClO. The van der Waals surface area contributed by atoms with Gasteiger partial charge in [-0.2, -0.15) is 0 Å². The smallest absolute Gasteiger partial charge is 0.119 e. The van der Waals surface area contributed by atoms with Gasteiger partial charge in [0.1, 0.15) is 5.75 Å². The van der Waals surface area contributed by atoms with Gasteiger partial charge >= 0.3 is 0 Å². The molecular weight excluding hydrogens is 220 g/mol. The molecule has 1 fully saturated rings. The molecule has 0 radical (unpaired) electrons. The van der Waals surface area contributed by atoms with Gasteiger partial charge < -0.3 is 4.74 Å². The Labute approximate surface area is 103 Å². The number of hydrogen-bond acceptors (Lipinski definition) is 1. The van der Waals surface area contributed by atoms with Gasteiger partial charge in [-0.3, -0.25) is 0 Å². The summed E-state index contributed by atoms with van der Waals surface area (Å²) in [5.74, 6) is 1.78. The molecule has 1 nitrogen and oxygen atoms in total. The third kappa shape index (κ3) is 4.05. The van der Waals surface area contributed by atoms with E-state index in [4.69, 9.17) is 16.3 Å². The minimum absolute atomic E-state index is 0.414. The molecule has 1 aromatic rings. The number of para-hydroxylation sites is 1. The molecule has 0 saturated heterocycles. The van der Waals surface area contributed by atoms with Crippen LogP contribution in [0.2, 0.25) is 0 Å². The fraction of sp³-hybridized carbons (Fsp3) is 0.571. The van der Waals surface area contributed by atoms with Crippen molar-refractivity contribution in [1.82, 2.24) is 0 Å². The topological polar surface area (TPSA) is 9.23 Å². The summed E-state index contributed by atoms with van der Waals surface area (Å²) in [5, 5.41) is 0.414. The predicted molar refractivity (Wildman–Crippen MR) is 68.2 cm³/mol. The number of ether oxygens (including phenoxy) is 1. The average Bonchev–Trinajstić information content (AvgIpc) is 3.13. The van der Waals surface area contributed by atoms with Gasteiger partial charge in [0.2, 0.25) is 0 Å². The molecule has 0 aromatic heterocycles. The lowest BCUT2D eigenvalue weighted by Crippen LogP contribution is -2.03. The molecule has 0 heterocycles. The summed E-state index contributed by atoms with van der Waals surface area (Å²) in [7, 11) is 0. The molecule has 2 rings (SSSR count). The molecule has 1 aliphatic carbocycles. The fourth-order valence-electron chi connectivity index (χ4n) is 1.84. The van der Waals surface area contributed by atoms with Gasteiger partial charge in [-0.25, -0.2) is 0 Å². The molecule has 2 heteroatoms. The predicted octanol–water partition coefficient (Wildman–Crippen LogP) is 4.25. The fourth-order valence-corrected chi connectivity index (χ4v) is 2.25. The van der Waals surface area contributed by atoms with E-state index in [1.165, 1.54) is 19.3 Å². The zero-order valence-electron chi connectivity index (χ0n) is 9.57. The summed E-state index contributed by atoms with van der Waals surface area (Å²) >= 11 is 6.23. The van der Waals surface area contributed by atoms with Gasteiger partial charge in [-0.05, 0) is 50.2 Å². The van der Waals surface area contributed by atoms with Crippen molar-refractivity contribution in [1.29, 1.82) is 0 Å². The van der Waals surface area contributed by atoms with Gasteiger partial charge in [0.15, 0.2) is 0 Å². The molecule has 1 atom stereocenters. The Morgan fingerprint density at radius 3 is 2.62 bits per heavy atom. The average molecular weight is 239 g/mol. The van der Waals surface area contributed by atoms with Crippen LogP contribution < -0.4 is 4.74 Å². The van der Waals surface area contributed by atoms with Gasteiger partial charge in [0.25, 0.3) is 0 Å². The molecule has 1 unspecified atom stereocenters. The molecule has 0 amide bonds. The first-order chi connectivity index (χ1) is 7.86. The maximum Gasteiger partial charge on any atom is 0.119 e. The van der Waals surface area contributed by atoms with Crippen molar-refractivity contribution in [2.45, 2.75) is 37.5 Å². The number of rotatable bonds is 7. The Morgan fingerprint density at radius 2 is 1.94 bits per heavy atom. The first-order valence-electron chi connectivity index (χ1n) is 6.18. The van der Waals surface area contributed by atoms with Crippen molar-refractivity contribution in [2.75, 3.05) is 6.61 Å². The molecule has 1 aromatic carbocycles. The summed E-state index contributed by atoms with van der Waals surface area (Å²) in [4.78, 5) is 0. The lowest BCUT2D eigenvalue weighted by molar-refractivity contribution is 0.304. The number of benzene rings is 1. The van der Waals surface area contributed by atoms with E-state index in [1.807, 2.05) is 30.3 Å². The van der Waals surface area contributed by atoms with Gasteiger partial charge in [-0.15, -0.1) is 11.6 Å². The zero-order valence-corrected chi connectivity index (χ0v) is 10.3. The monoisotopic (exact) mass is 238 g/mol. The van der Waals surface area contributed by atoms with Crippen LogP contribution in [0.3, 0.4) is 0 Å². The quantitative estimate of drug-likeness (QED) is 0.510. The summed E-state index contributed by atoms with van der Waals surface area (Å²) in [6.07, 6.45) is 6.11. The van der Waals surface area contributed by atoms with E-state index in [2.05, 4.69) is 0 Å². The highest BCUT2D eigenvalue weighted by atomic mass is 35.5. The Hall–Kier alpha value is -0.690. The van der Waals surface area contributed by atoms with Crippen LogP contribution in [0.15, 0.2) is 30.3 Å². The first-order valence-corrected chi connectivity index (χ1v) is 6.62. The number of hydrogen-bond donors (Lipinski definition) is 0. The zero-order chi connectivity index (χ0) is 11.2. The van der Waals surface area contributed by atoms with Crippen LogP contribution in [0.4, 0.5) is 0 Å². The molecule has 1 aliphatic rings. The number of alkyl halides is 1. The maximum atomic E-state index is 6.23.